The molecule has 1 unspecified atom stereocenters. The molecule has 0 aromatic carbocycles. The molecular formula is C17H21N3O2. The average molecular weight is 299 g/mol. The Hall–Kier alpha value is -2.17. The lowest BCUT2D eigenvalue weighted by Gasteiger charge is -2.23. The Kier molecular flexibility index (Phi) is 4.51. The molecule has 116 valence electrons. The number of hydrogen-bond acceptors (Lipinski definition) is 4. The van der Waals surface area contributed by atoms with E-state index in [4.69, 9.17) is 4.52 Å². The smallest absolute Gasteiger partial charge is 0.292 e. The quantitative estimate of drug-likeness (QED) is 0.852. The van der Waals surface area contributed by atoms with Gasteiger partial charge in [0.15, 0.2) is 0 Å². The molecule has 22 heavy (non-hydrogen) atoms. The van der Waals surface area contributed by atoms with Crippen LogP contribution in [-0.2, 0) is 12.8 Å². The van der Waals surface area contributed by atoms with Crippen molar-refractivity contribution in [1.29, 1.82) is 0 Å². The van der Waals surface area contributed by atoms with Crippen molar-refractivity contribution in [3.05, 3.63) is 47.6 Å². The summed E-state index contributed by atoms with van der Waals surface area (Å²) in [5.41, 5.74) is 2.10. The van der Waals surface area contributed by atoms with Crippen molar-refractivity contribution in [1.82, 2.24) is 15.0 Å². The van der Waals surface area contributed by atoms with Crippen LogP contribution >= 0.6 is 0 Å². The second kappa shape index (κ2) is 6.73. The number of aromatic nitrogens is 2. The van der Waals surface area contributed by atoms with Crippen LogP contribution in [0.2, 0.25) is 0 Å². The van der Waals surface area contributed by atoms with E-state index in [-0.39, 0.29) is 11.9 Å². The van der Waals surface area contributed by atoms with Gasteiger partial charge in [0.25, 0.3) is 5.91 Å². The summed E-state index contributed by atoms with van der Waals surface area (Å²) in [7, 11) is 0. The van der Waals surface area contributed by atoms with E-state index >= 15 is 0 Å². The third-order valence-electron chi connectivity index (χ3n) is 4.29. The van der Waals surface area contributed by atoms with E-state index in [1.54, 1.807) is 6.07 Å². The molecule has 5 heteroatoms. The Morgan fingerprint density at radius 2 is 2.23 bits per heavy atom. The summed E-state index contributed by atoms with van der Waals surface area (Å²) < 4.78 is 5.19. The summed E-state index contributed by atoms with van der Waals surface area (Å²) in [6.45, 7) is 2.81. The molecule has 5 nitrogen and oxygen atoms in total. The van der Waals surface area contributed by atoms with Crippen LogP contribution in [0.15, 0.2) is 35.1 Å². The average Bonchev–Trinajstić information content (AvgIpc) is 3.22. The molecule has 0 aliphatic carbocycles. The molecule has 0 radical (unpaired) electrons. The summed E-state index contributed by atoms with van der Waals surface area (Å²) in [5.74, 6) is 0.345. The third-order valence-corrected chi connectivity index (χ3v) is 4.29. The molecular weight excluding hydrogens is 278 g/mol. The first-order valence-corrected chi connectivity index (χ1v) is 7.93. The van der Waals surface area contributed by atoms with Gasteiger partial charge in [-0.25, -0.2) is 0 Å². The minimum Gasteiger partial charge on any atom is -0.351 e. The number of nitrogens with zero attached hydrogens (tertiary/aromatic N) is 3. The first-order valence-electron chi connectivity index (χ1n) is 7.93. The minimum absolute atomic E-state index is 0.0237. The zero-order valence-electron chi connectivity index (χ0n) is 12.9. The molecule has 0 spiro atoms. The van der Waals surface area contributed by atoms with Gasteiger partial charge in [-0.15, -0.1) is 0 Å². The van der Waals surface area contributed by atoms with Gasteiger partial charge in [0.05, 0.1) is 5.69 Å². The van der Waals surface area contributed by atoms with E-state index in [0.717, 1.165) is 44.3 Å². The summed E-state index contributed by atoms with van der Waals surface area (Å²) >= 11 is 0. The highest BCUT2D eigenvalue weighted by atomic mass is 16.5. The van der Waals surface area contributed by atoms with E-state index in [1.807, 2.05) is 36.4 Å². The molecule has 3 rings (SSSR count). The Morgan fingerprint density at radius 3 is 2.95 bits per heavy atom. The van der Waals surface area contributed by atoms with Crippen LogP contribution in [0.1, 0.15) is 48.0 Å². The van der Waals surface area contributed by atoms with Crippen LogP contribution in [0.4, 0.5) is 0 Å². The highest BCUT2D eigenvalue weighted by Gasteiger charge is 2.31. The molecule has 3 heterocycles. The van der Waals surface area contributed by atoms with Crippen molar-refractivity contribution in [3.63, 3.8) is 0 Å². The van der Waals surface area contributed by atoms with Crippen LogP contribution in [0.5, 0.6) is 0 Å². The van der Waals surface area contributed by atoms with Crippen LogP contribution in [0.3, 0.4) is 0 Å². The topological polar surface area (TPSA) is 59.2 Å². The lowest BCUT2D eigenvalue weighted by atomic mass is 10.0. The summed E-state index contributed by atoms with van der Waals surface area (Å²) in [6.07, 6.45) is 8.47. The normalized spacial score (nSPS) is 17.9. The number of amides is 1. The molecule has 1 amide bonds. The molecule has 2 aromatic heterocycles. The summed E-state index contributed by atoms with van der Waals surface area (Å²) in [5, 5.41) is 3.92. The summed E-state index contributed by atoms with van der Waals surface area (Å²) in [6, 6.07) is 6.12. The lowest BCUT2D eigenvalue weighted by molar-refractivity contribution is 0.0688. The molecule has 0 N–H and O–H groups in total. The predicted octanol–water partition coefficient (Wildman–Crippen LogP) is 2.87. The van der Waals surface area contributed by atoms with E-state index in [9.17, 15) is 4.79 Å². The van der Waals surface area contributed by atoms with Gasteiger partial charge in [-0.1, -0.05) is 12.1 Å². The zero-order chi connectivity index (χ0) is 15.4. The van der Waals surface area contributed by atoms with Crippen molar-refractivity contribution in [2.45, 2.75) is 45.1 Å². The Bertz CT molecular complexity index is 624. The number of likely N-dealkylation sites (tertiary alicyclic amines) is 1. The number of rotatable bonds is 5. The monoisotopic (exact) mass is 299 g/mol. The highest BCUT2D eigenvalue weighted by molar-refractivity contribution is 5.91. The fourth-order valence-corrected chi connectivity index (χ4v) is 3.01. The SMILES string of the molecule is CCc1cc(C(=O)N2CCCC2CCc2ccncc2)on1. The van der Waals surface area contributed by atoms with Crippen LogP contribution in [0, 0.1) is 0 Å². The number of carbonyl (C=O) groups is 1. The molecule has 1 fully saturated rings. The number of pyridine rings is 1. The van der Waals surface area contributed by atoms with E-state index in [2.05, 4.69) is 10.1 Å². The predicted molar refractivity (Wildman–Crippen MR) is 82.5 cm³/mol. The van der Waals surface area contributed by atoms with Crippen molar-refractivity contribution >= 4 is 5.91 Å². The van der Waals surface area contributed by atoms with Crippen molar-refractivity contribution in [2.75, 3.05) is 6.54 Å². The van der Waals surface area contributed by atoms with Crippen LogP contribution in [-0.4, -0.2) is 33.5 Å². The second-order valence-corrected chi connectivity index (χ2v) is 5.72. The standard InChI is InChI=1S/C17H21N3O2/c1-2-14-12-16(22-19-14)17(21)20-11-3-4-15(20)6-5-13-7-9-18-10-8-13/h7-10,12,15H,2-6,11H2,1H3. The highest BCUT2D eigenvalue weighted by Crippen LogP contribution is 2.24. The minimum atomic E-state index is -0.0237. The van der Waals surface area contributed by atoms with E-state index in [0.29, 0.717) is 5.76 Å². The van der Waals surface area contributed by atoms with Gasteiger partial charge < -0.3 is 9.42 Å². The fourth-order valence-electron chi connectivity index (χ4n) is 3.01. The maximum Gasteiger partial charge on any atom is 0.292 e. The fraction of sp³-hybridized carbons (Fsp3) is 0.471. The number of aryl methyl sites for hydroxylation is 2. The van der Waals surface area contributed by atoms with Crippen LogP contribution in [0.25, 0.3) is 0 Å². The largest absolute Gasteiger partial charge is 0.351 e. The van der Waals surface area contributed by atoms with Gasteiger partial charge in [-0.2, -0.15) is 0 Å². The van der Waals surface area contributed by atoms with Gasteiger partial charge in [-0.3, -0.25) is 9.78 Å². The maximum absolute atomic E-state index is 12.6. The van der Waals surface area contributed by atoms with Crippen molar-refractivity contribution in [3.8, 4) is 0 Å². The molecule has 1 aliphatic rings. The Labute approximate surface area is 130 Å². The van der Waals surface area contributed by atoms with Gasteiger partial charge in [0.1, 0.15) is 0 Å². The molecule has 0 saturated carbocycles. The molecule has 1 aliphatic heterocycles. The lowest BCUT2D eigenvalue weighted by Crippen LogP contribution is -2.35. The molecule has 0 bridgehead atoms. The van der Waals surface area contributed by atoms with E-state index < -0.39 is 0 Å². The first-order chi connectivity index (χ1) is 10.8. The maximum atomic E-state index is 12.6. The number of carbonyl (C=O) groups excluding carboxylic acids is 1. The Balaban J connectivity index is 1.63. The van der Waals surface area contributed by atoms with E-state index in [1.165, 1.54) is 5.56 Å². The first kappa shape index (κ1) is 14.8. The van der Waals surface area contributed by atoms with Gasteiger partial charge >= 0.3 is 0 Å². The summed E-state index contributed by atoms with van der Waals surface area (Å²) in [4.78, 5) is 18.6. The third kappa shape index (κ3) is 3.18. The molecule has 1 atom stereocenters. The van der Waals surface area contributed by atoms with Gasteiger partial charge in [-0.05, 0) is 49.8 Å². The van der Waals surface area contributed by atoms with Crippen LogP contribution < -0.4 is 0 Å². The van der Waals surface area contributed by atoms with Crippen molar-refractivity contribution in [2.24, 2.45) is 0 Å². The molecule has 2 aromatic rings. The Morgan fingerprint density at radius 1 is 1.41 bits per heavy atom. The zero-order valence-corrected chi connectivity index (χ0v) is 12.9. The van der Waals surface area contributed by atoms with Crippen molar-refractivity contribution < 1.29 is 9.32 Å². The second-order valence-electron chi connectivity index (χ2n) is 5.72. The number of hydrogen-bond donors (Lipinski definition) is 0. The molecule has 1 saturated heterocycles. The van der Waals surface area contributed by atoms with Gasteiger partial charge in [0.2, 0.25) is 5.76 Å². The van der Waals surface area contributed by atoms with Gasteiger partial charge in [0, 0.05) is 31.0 Å².